The van der Waals surface area contributed by atoms with Crippen molar-refractivity contribution in [2.45, 2.75) is 12.3 Å². The first kappa shape index (κ1) is 11.3. The Morgan fingerprint density at radius 1 is 1.25 bits per heavy atom. The molecule has 0 bridgehead atoms. The fourth-order valence-corrected chi connectivity index (χ4v) is 2.50. The van der Waals surface area contributed by atoms with Gasteiger partial charge in [-0.1, -0.05) is 18.2 Å². The van der Waals surface area contributed by atoms with E-state index in [1.807, 2.05) is 17.5 Å². The van der Waals surface area contributed by atoms with Gasteiger partial charge >= 0.3 is 0 Å². The number of nitrogens with two attached hydrogens (primary N) is 1. The van der Waals surface area contributed by atoms with E-state index in [-0.39, 0.29) is 11.7 Å². The van der Waals surface area contributed by atoms with Gasteiger partial charge in [-0.3, -0.25) is 0 Å². The molecular weight excluding hydrogens is 221 g/mol. The van der Waals surface area contributed by atoms with E-state index in [0.29, 0.717) is 6.54 Å². The third-order valence-electron chi connectivity index (χ3n) is 2.69. The second kappa shape index (κ2) is 5.23. The third-order valence-corrected chi connectivity index (χ3v) is 3.42. The van der Waals surface area contributed by atoms with Crippen LogP contribution in [0.1, 0.15) is 17.0 Å². The minimum atomic E-state index is -0.159. The van der Waals surface area contributed by atoms with E-state index in [1.165, 1.54) is 11.6 Å². The van der Waals surface area contributed by atoms with Crippen LogP contribution < -0.4 is 5.73 Å². The minimum Gasteiger partial charge on any atom is -0.330 e. The van der Waals surface area contributed by atoms with Crippen LogP contribution in [0.15, 0.2) is 41.1 Å². The Morgan fingerprint density at radius 3 is 2.69 bits per heavy atom. The maximum Gasteiger partial charge on any atom is 0.126 e. The van der Waals surface area contributed by atoms with Crippen LogP contribution in [0.4, 0.5) is 4.39 Å². The Morgan fingerprint density at radius 2 is 2.06 bits per heavy atom. The highest BCUT2D eigenvalue weighted by atomic mass is 32.1. The van der Waals surface area contributed by atoms with Crippen molar-refractivity contribution in [2.24, 2.45) is 5.73 Å². The maximum absolute atomic E-state index is 13.6. The van der Waals surface area contributed by atoms with Crippen LogP contribution in [-0.4, -0.2) is 6.54 Å². The van der Waals surface area contributed by atoms with Crippen molar-refractivity contribution < 1.29 is 4.39 Å². The van der Waals surface area contributed by atoms with Gasteiger partial charge in [0, 0.05) is 5.92 Å². The lowest BCUT2D eigenvalue weighted by Gasteiger charge is -2.15. The summed E-state index contributed by atoms with van der Waals surface area (Å²) in [6.45, 7) is 0.469. The van der Waals surface area contributed by atoms with Gasteiger partial charge in [0.25, 0.3) is 0 Å². The summed E-state index contributed by atoms with van der Waals surface area (Å²) in [5.74, 6) is -0.0935. The first-order chi connectivity index (χ1) is 7.81. The molecule has 0 amide bonds. The lowest BCUT2D eigenvalue weighted by atomic mass is 9.93. The van der Waals surface area contributed by atoms with Gasteiger partial charge in [0.05, 0.1) is 0 Å². The zero-order valence-electron chi connectivity index (χ0n) is 8.90. The summed E-state index contributed by atoms with van der Waals surface area (Å²) in [6, 6.07) is 8.94. The highest BCUT2D eigenvalue weighted by molar-refractivity contribution is 7.07. The van der Waals surface area contributed by atoms with Crippen molar-refractivity contribution in [1.29, 1.82) is 0 Å². The molecule has 84 valence electrons. The van der Waals surface area contributed by atoms with Crippen molar-refractivity contribution >= 4 is 11.3 Å². The smallest absolute Gasteiger partial charge is 0.126 e. The first-order valence-electron chi connectivity index (χ1n) is 5.27. The highest BCUT2D eigenvalue weighted by Gasteiger charge is 2.14. The largest absolute Gasteiger partial charge is 0.330 e. The maximum atomic E-state index is 13.6. The van der Waals surface area contributed by atoms with Gasteiger partial charge in [-0.15, -0.1) is 0 Å². The number of hydrogen-bond donors (Lipinski definition) is 1. The van der Waals surface area contributed by atoms with Crippen LogP contribution in [0.2, 0.25) is 0 Å². The number of benzene rings is 1. The fourth-order valence-electron chi connectivity index (χ4n) is 1.82. The molecule has 2 rings (SSSR count). The third kappa shape index (κ3) is 2.49. The molecule has 0 aliphatic rings. The zero-order valence-corrected chi connectivity index (χ0v) is 9.71. The normalized spacial score (nSPS) is 12.6. The van der Waals surface area contributed by atoms with Crippen molar-refractivity contribution in [3.8, 4) is 0 Å². The lowest BCUT2D eigenvalue weighted by Crippen LogP contribution is -2.16. The summed E-state index contributed by atoms with van der Waals surface area (Å²) in [4.78, 5) is 0. The van der Waals surface area contributed by atoms with E-state index in [2.05, 4.69) is 11.4 Å². The van der Waals surface area contributed by atoms with E-state index in [9.17, 15) is 4.39 Å². The van der Waals surface area contributed by atoms with Gasteiger partial charge in [-0.05, 0) is 47.0 Å². The van der Waals surface area contributed by atoms with Gasteiger partial charge in [-0.25, -0.2) is 4.39 Å². The molecule has 0 aliphatic heterocycles. The van der Waals surface area contributed by atoms with Gasteiger partial charge in [0.2, 0.25) is 0 Å². The van der Waals surface area contributed by atoms with Crippen LogP contribution in [0.5, 0.6) is 0 Å². The predicted octanol–water partition coefficient (Wildman–Crippen LogP) is 3.17. The molecule has 2 N–H and O–H groups in total. The molecule has 0 radical (unpaired) electrons. The van der Waals surface area contributed by atoms with Gasteiger partial charge in [0.1, 0.15) is 5.82 Å². The lowest BCUT2D eigenvalue weighted by molar-refractivity contribution is 0.576. The Labute approximate surface area is 98.7 Å². The summed E-state index contributed by atoms with van der Waals surface area (Å²) in [5.41, 5.74) is 7.67. The average molecular weight is 235 g/mol. The van der Waals surface area contributed by atoms with Crippen molar-refractivity contribution in [1.82, 2.24) is 0 Å². The highest BCUT2D eigenvalue weighted by Crippen LogP contribution is 2.23. The second-order valence-corrected chi connectivity index (χ2v) is 4.57. The van der Waals surface area contributed by atoms with Gasteiger partial charge in [0.15, 0.2) is 0 Å². The van der Waals surface area contributed by atoms with Crippen LogP contribution in [0.25, 0.3) is 0 Å². The zero-order chi connectivity index (χ0) is 11.4. The van der Waals surface area contributed by atoms with Crippen molar-refractivity contribution in [3.05, 3.63) is 58.0 Å². The van der Waals surface area contributed by atoms with Crippen LogP contribution in [-0.2, 0) is 6.42 Å². The van der Waals surface area contributed by atoms with Crippen LogP contribution >= 0.6 is 11.3 Å². The van der Waals surface area contributed by atoms with E-state index < -0.39 is 0 Å². The summed E-state index contributed by atoms with van der Waals surface area (Å²) < 4.78 is 13.6. The van der Waals surface area contributed by atoms with Crippen LogP contribution in [0, 0.1) is 5.82 Å². The van der Waals surface area contributed by atoms with Crippen LogP contribution in [0.3, 0.4) is 0 Å². The minimum absolute atomic E-state index is 0.0656. The number of rotatable bonds is 4. The molecule has 3 heteroatoms. The Bertz CT molecular complexity index is 439. The number of hydrogen-bond acceptors (Lipinski definition) is 2. The van der Waals surface area contributed by atoms with Crippen molar-refractivity contribution in [3.63, 3.8) is 0 Å². The summed E-state index contributed by atoms with van der Waals surface area (Å²) >= 11 is 1.66. The number of thiophene rings is 1. The van der Waals surface area contributed by atoms with E-state index >= 15 is 0 Å². The Kier molecular flexibility index (Phi) is 3.70. The van der Waals surface area contributed by atoms with Gasteiger partial charge < -0.3 is 5.73 Å². The summed E-state index contributed by atoms with van der Waals surface area (Å²) in [6.07, 6.45) is 0.806. The monoisotopic (exact) mass is 235 g/mol. The number of halogens is 1. The second-order valence-electron chi connectivity index (χ2n) is 3.79. The molecular formula is C13H14FNS. The van der Waals surface area contributed by atoms with E-state index in [1.54, 1.807) is 17.4 Å². The molecule has 1 heterocycles. The predicted molar refractivity (Wildman–Crippen MR) is 66.2 cm³/mol. The average Bonchev–Trinajstić information content (AvgIpc) is 2.80. The molecule has 1 atom stereocenters. The molecule has 0 spiro atoms. The van der Waals surface area contributed by atoms with Crippen molar-refractivity contribution in [2.75, 3.05) is 6.54 Å². The first-order valence-corrected chi connectivity index (χ1v) is 6.21. The molecule has 1 aromatic heterocycles. The molecule has 0 aliphatic carbocycles. The molecule has 0 saturated carbocycles. The summed E-state index contributed by atoms with van der Waals surface area (Å²) in [7, 11) is 0. The van der Waals surface area contributed by atoms with E-state index in [0.717, 1.165) is 12.0 Å². The topological polar surface area (TPSA) is 26.0 Å². The SMILES string of the molecule is NCC(Cc1ccsc1)c1ccccc1F. The fraction of sp³-hybridized carbons (Fsp3) is 0.231. The molecule has 2 aromatic rings. The molecule has 0 fully saturated rings. The Balaban J connectivity index is 2.20. The van der Waals surface area contributed by atoms with Gasteiger partial charge in [-0.2, -0.15) is 11.3 Å². The van der Waals surface area contributed by atoms with E-state index in [4.69, 9.17) is 5.73 Å². The molecule has 1 nitrogen and oxygen atoms in total. The molecule has 0 saturated heterocycles. The Hall–Kier alpha value is -1.19. The molecule has 16 heavy (non-hydrogen) atoms. The standard InChI is InChI=1S/C13H14FNS/c14-13-4-2-1-3-12(13)11(8-15)7-10-5-6-16-9-10/h1-6,9,11H,7-8,15H2. The molecule has 1 aromatic carbocycles. The summed E-state index contributed by atoms with van der Waals surface area (Å²) in [5, 5.41) is 4.12. The quantitative estimate of drug-likeness (QED) is 0.865. The molecule has 1 unspecified atom stereocenters.